The number of H-pyrrole nitrogens is 1. The number of nitrogens with one attached hydrogen (secondary N) is 1. The zero-order valence-electron chi connectivity index (χ0n) is 10.7. The van der Waals surface area contributed by atoms with E-state index < -0.39 is 23.5 Å². The number of rotatable bonds is 6. The molecule has 1 aromatic rings. The lowest BCUT2D eigenvalue weighted by Gasteiger charge is -2.09. The molecule has 3 N–H and O–H groups in total. The highest BCUT2D eigenvalue weighted by atomic mass is 16.6. The number of carbonyl (C=O) groups is 2. The van der Waals surface area contributed by atoms with Gasteiger partial charge >= 0.3 is 11.9 Å². The maximum atomic E-state index is 11.5. The smallest absolute Gasteiger partial charge is 0.377 e. The summed E-state index contributed by atoms with van der Waals surface area (Å²) in [5.41, 5.74) is 4.93. The van der Waals surface area contributed by atoms with Crippen LogP contribution < -0.4 is 11.3 Å². The molecule has 0 fully saturated rings. The van der Waals surface area contributed by atoms with Crippen molar-refractivity contribution in [2.45, 2.75) is 26.3 Å². The molecule has 1 atom stereocenters. The average molecular weight is 272 g/mol. The number of aromatic amines is 1. The van der Waals surface area contributed by atoms with Crippen molar-refractivity contribution < 1.29 is 23.6 Å². The quantitative estimate of drug-likeness (QED) is 0.673. The number of hydrogen-bond acceptors (Lipinski definition) is 7. The first-order valence-electron chi connectivity index (χ1n) is 5.80. The Balaban J connectivity index is 2.89. The number of nitrogens with two attached hydrogens (primary N) is 1. The van der Waals surface area contributed by atoms with Crippen molar-refractivity contribution in [2.24, 2.45) is 5.73 Å². The Hall–Kier alpha value is -2.09. The minimum absolute atomic E-state index is 0.0287. The Morgan fingerprint density at radius 3 is 2.53 bits per heavy atom. The van der Waals surface area contributed by atoms with Gasteiger partial charge in [-0.25, -0.2) is 4.79 Å². The summed E-state index contributed by atoms with van der Waals surface area (Å²) in [5.74, 6) is -1.71. The molecular weight excluding hydrogens is 256 g/mol. The standard InChI is InChI=1S/C11H16N2O6/c1-3-17-10(15)7(12)5-6-8(11(16)18-4-2)19-13-9(6)14/h7H,3-5,12H2,1-2H3,(H,13,14). The average Bonchev–Trinajstić information content (AvgIpc) is 2.72. The lowest BCUT2D eigenvalue weighted by atomic mass is 10.1. The van der Waals surface area contributed by atoms with E-state index in [2.05, 4.69) is 0 Å². The van der Waals surface area contributed by atoms with Crippen molar-refractivity contribution in [2.75, 3.05) is 13.2 Å². The molecule has 0 amide bonds. The molecule has 8 nitrogen and oxygen atoms in total. The van der Waals surface area contributed by atoms with Crippen LogP contribution >= 0.6 is 0 Å². The van der Waals surface area contributed by atoms with E-state index in [4.69, 9.17) is 19.7 Å². The van der Waals surface area contributed by atoms with Crippen molar-refractivity contribution in [3.8, 4) is 0 Å². The number of hydrogen-bond donors (Lipinski definition) is 2. The highest BCUT2D eigenvalue weighted by Crippen LogP contribution is 2.08. The van der Waals surface area contributed by atoms with Gasteiger partial charge in [0.1, 0.15) is 6.04 Å². The van der Waals surface area contributed by atoms with Crippen molar-refractivity contribution in [1.29, 1.82) is 0 Å². The van der Waals surface area contributed by atoms with E-state index in [0.29, 0.717) is 0 Å². The minimum Gasteiger partial charge on any atom is -0.465 e. The lowest BCUT2D eigenvalue weighted by molar-refractivity contribution is -0.144. The fraction of sp³-hybridized carbons (Fsp3) is 0.545. The molecule has 19 heavy (non-hydrogen) atoms. The molecule has 0 aliphatic carbocycles. The van der Waals surface area contributed by atoms with E-state index in [9.17, 15) is 14.4 Å². The van der Waals surface area contributed by atoms with Crippen LogP contribution in [0.15, 0.2) is 9.32 Å². The highest BCUT2D eigenvalue weighted by Gasteiger charge is 2.26. The van der Waals surface area contributed by atoms with Crippen LogP contribution in [0.3, 0.4) is 0 Å². The van der Waals surface area contributed by atoms with Gasteiger partial charge in [0.2, 0.25) is 5.76 Å². The van der Waals surface area contributed by atoms with Gasteiger partial charge in [-0.05, 0) is 13.8 Å². The lowest BCUT2D eigenvalue weighted by Crippen LogP contribution is -2.36. The van der Waals surface area contributed by atoms with Crippen molar-refractivity contribution >= 4 is 11.9 Å². The van der Waals surface area contributed by atoms with Crippen LogP contribution in [0.4, 0.5) is 0 Å². The second-order valence-corrected chi connectivity index (χ2v) is 3.62. The van der Waals surface area contributed by atoms with Gasteiger partial charge in [-0.1, -0.05) is 0 Å². The molecular formula is C11H16N2O6. The monoisotopic (exact) mass is 272 g/mol. The molecule has 0 aliphatic heterocycles. The zero-order chi connectivity index (χ0) is 14.4. The van der Waals surface area contributed by atoms with E-state index in [0.717, 1.165) is 0 Å². The van der Waals surface area contributed by atoms with Crippen LogP contribution in [0.25, 0.3) is 0 Å². The Morgan fingerprint density at radius 1 is 1.32 bits per heavy atom. The van der Waals surface area contributed by atoms with Crippen molar-refractivity contribution in [1.82, 2.24) is 5.16 Å². The van der Waals surface area contributed by atoms with Gasteiger partial charge < -0.3 is 19.7 Å². The third-order valence-corrected chi connectivity index (χ3v) is 2.27. The summed E-state index contributed by atoms with van der Waals surface area (Å²) >= 11 is 0. The van der Waals surface area contributed by atoms with E-state index in [1.807, 2.05) is 5.16 Å². The molecule has 0 radical (unpaired) electrons. The molecule has 8 heteroatoms. The molecule has 1 heterocycles. The van der Waals surface area contributed by atoms with Gasteiger partial charge in [0.25, 0.3) is 5.56 Å². The van der Waals surface area contributed by atoms with E-state index in [1.165, 1.54) is 0 Å². The third kappa shape index (κ3) is 3.68. The van der Waals surface area contributed by atoms with Gasteiger partial charge in [0, 0.05) is 6.42 Å². The maximum absolute atomic E-state index is 11.5. The van der Waals surface area contributed by atoms with Gasteiger partial charge in [-0.2, -0.15) is 5.16 Å². The van der Waals surface area contributed by atoms with E-state index >= 15 is 0 Å². The van der Waals surface area contributed by atoms with Gasteiger partial charge in [-0.15, -0.1) is 0 Å². The number of esters is 2. The van der Waals surface area contributed by atoms with Crippen LogP contribution in [0, 0.1) is 0 Å². The second kappa shape index (κ2) is 6.74. The summed E-state index contributed by atoms with van der Waals surface area (Å²) in [6, 6.07) is -1.05. The van der Waals surface area contributed by atoms with Gasteiger partial charge in [-0.3, -0.25) is 9.59 Å². The highest BCUT2D eigenvalue weighted by molar-refractivity contribution is 5.88. The summed E-state index contributed by atoms with van der Waals surface area (Å²) in [6.07, 6.45) is -0.168. The fourth-order valence-electron chi connectivity index (χ4n) is 1.42. The van der Waals surface area contributed by atoms with Crippen LogP contribution in [-0.2, 0) is 20.7 Å². The molecule has 0 spiro atoms. The first kappa shape index (κ1) is 15.0. The Morgan fingerprint density at radius 2 is 1.95 bits per heavy atom. The molecule has 0 bridgehead atoms. The first-order valence-corrected chi connectivity index (χ1v) is 5.80. The topological polar surface area (TPSA) is 125 Å². The van der Waals surface area contributed by atoms with Crippen LogP contribution in [0.1, 0.15) is 30.0 Å². The number of carbonyl (C=O) groups excluding carboxylic acids is 2. The fourth-order valence-corrected chi connectivity index (χ4v) is 1.42. The molecule has 0 saturated carbocycles. The minimum atomic E-state index is -1.05. The molecule has 0 aliphatic rings. The zero-order valence-corrected chi connectivity index (χ0v) is 10.7. The molecule has 106 valence electrons. The van der Waals surface area contributed by atoms with Crippen LogP contribution in [0.5, 0.6) is 0 Å². The van der Waals surface area contributed by atoms with Crippen LogP contribution in [-0.4, -0.2) is 36.4 Å². The number of aromatic nitrogens is 1. The summed E-state index contributed by atoms with van der Waals surface area (Å²) in [6.45, 7) is 3.57. The first-order chi connectivity index (χ1) is 9.01. The molecule has 1 rings (SSSR count). The number of ether oxygens (including phenoxy) is 2. The normalized spacial score (nSPS) is 11.9. The van der Waals surface area contributed by atoms with Gasteiger partial charge in [0.05, 0.1) is 18.8 Å². The predicted molar refractivity (Wildman–Crippen MR) is 63.6 cm³/mol. The van der Waals surface area contributed by atoms with E-state index in [-0.39, 0.29) is 31.0 Å². The Kier molecular flexibility index (Phi) is 5.31. The summed E-state index contributed by atoms with van der Waals surface area (Å²) in [7, 11) is 0. The molecule has 0 aromatic carbocycles. The van der Waals surface area contributed by atoms with Crippen molar-refractivity contribution in [3.63, 3.8) is 0 Å². The summed E-state index contributed by atoms with van der Waals surface area (Å²) < 4.78 is 14.2. The van der Waals surface area contributed by atoms with E-state index in [1.54, 1.807) is 13.8 Å². The maximum Gasteiger partial charge on any atom is 0.377 e. The predicted octanol–water partition coefficient (Wildman–Crippen LogP) is -0.422. The molecule has 0 saturated heterocycles. The Bertz CT molecular complexity index is 504. The van der Waals surface area contributed by atoms with Gasteiger partial charge in [0.15, 0.2) is 0 Å². The SMILES string of the molecule is CCOC(=O)c1o[nH]c(=O)c1CC(N)C(=O)OCC. The third-order valence-electron chi connectivity index (χ3n) is 2.27. The molecule has 1 aromatic heterocycles. The summed E-state index contributed by atoms with van der Waals surface area (Å²) in [5, 5.41) is 2.01. The Labute approximate surface area is 108 Å². The van der Waals surface area contributed by atoms with Crippen molar-refractivity contribution in [3.05, 3.63) is 21.7 Å². The van der Waals surface area contributed by atoms with Crippen LogP contribution in [0.2, 0.25) is 0 Å². The largest absolute Gasteiger partial charge is 0.465 e. The summed E-state index contributed by atoms with van der Waals surface area (Å²) in [4.78, 5) is 34.4. The second-order valence-electron chi connectivity index (χ2n) is 3.62. The molecule has 1 unspecified atom stereocenters.